The number of rotatable bonds is 7. The van der Waals surface area contributed by atoms with Crippen molar-refractivity contribution in [2.45, 2.75) is 57.0 Å². The number of piperidine rings is 1. The number of hydrogen-bond donors (Lipinski definition) is 1. The third kappa shape index (κ3) is 4.90. The van der Waals surface area contributed by atoms with Gasteiger partial charge in [-0.1, -0.05) is 43.2 Å². The summed E-state index contributed by atoms with van der Waals surface area (Å²) in [6.45, 7) is 1.81. The van der Waals surface area contributed by atoms with Crippen molar-refractivity contribution >= 4 is 10.9 Å². The van der Waals surface area contributed by atoms with Gasteiger partial charge in [0, 0.05) is 11.6 Å². The van der Waals surface area contributed by atoms with E-state index >= 15 is 0 Å². The highest BCUT2D eigenvalue weighted by molar-refractivity contribution is 5.80. The van der Waals surface area contributed by atoms with E-state index in [1.165, 1.54) is 18.4 Å². The number of hydrogen-bond acceptors (Lipinski definition) is 6. The van der Waals surface area contributed by atoms with E-state index in [9.17, 15) is 4.79 Å². The molecule has 0 amide bonds. The van der Waals surface area contributed by atoms with Crippen molar-refractivity contribution in [3.05, 3.63) is 81.9 Å². The van der Waals surface area contributed by atoms with E-state index in [1.54, 1.807) is 7.11 Å². The smallest absolute Gasteiger partial charge is 0.253 e. The van der Waals surface area contributed by atoms with Gasteiger partial charge in [0.05, 0.1) is 18.7 Å². The number of methoxy groups -OCH3 is 1. The fraction of sp³-hybridized carbons (Fsp3) is 0.448. The number of fused-ring (bicyclic) bond motifs is 1. The lowest BCUT2D eigenvalue weighted by Crippen LogP contribution is -2.41. The molecule has 2 aromatic heterocycles. The second-order valence-corrected chi connectivity index (χ2v) is 10.5. The van der Waals surface area contributed by atoms with E-state index in [4.69, 9.17) is 4.74 Å². The van der Waals surface area contributed by atoms with Gasteiger partial charge in [-0.2, -0.15) is 0 Å². The number of nitrogens with zero attached hydrogens (tertiary/aromatic N) is 5. The maximum atomic E-state index is 13.5. The van der Waals surface area contributed by atoms with Crippen molar-refractivity contribution in [2.75, 3.05) is 20.2 Å². The molecule has 37 heavy (non-hydrogen) atoms. The van der Waals surface area contributed by atoms with Crippen molar-refractivity contribution in [3.63, 3.8) is 0 Å². The SMILES string of the molecule is COc1ccc2cc([C@H](c3nnnn3C3CCCC3)N3CCC(Cc4ccccc4)CC3)c(=O)[nH]c2c1. The molecule has 4 aromatic rings. The summed E-state index contributed by atoms with van der Waals surface area (Å²) in [5, 5.41) is 14.0. The van der Waals surface area contributed by atoms with E-state index in [2.05, 4.69) is 55.7 Å². The van der Waals surface area contributed by atoms with Crippen LogP contribution >= 0.6 is 0 Å². The van der Waals surface area contributed by atoms with Crippen molar-refractivity contribution in [1.82, 2.24) is 30.1 Å². The highest BCUT2D eigenvalue weighted by Crippen LogP contribution is 2.36. The Kier molecular flexibility index (Phi) is 6.74. The first kappa shape index (κ1) is 23.9. The first-order chi connectivity index (χ1) is 18.2. The molecule has 1 saturated heterocycles. The van der Waals surface area contributed by atoms with Crippen molar-refractivity contribution in [1.29, 1.82) is 0 Å². The molecule has 192 valence electrons. The monoisotopic (exact) mass is 498 g/mol. The second-order valence-electron chi connectivity index (χ2n) is 10.5. The molecule has 1 N–H and O–H groups in total. The lowest BCUT2D eigenvalue weighted by Gasteiger charge is -2.37. The first-order valence-corrected chi connectivity index (χ1v) is 13.5. The summed E-state index contributed by atoms with van der Waals surface area (Å²) >= 11 is 0. The van der Waals surface area contributed by atoms with Crippen LogP contribution in [0.2, 0.25) is 0 Å². The summed E-state index contributed by atoms with van der Waals surface area (Å²) in [7, 11) is 1.63. The Balaban J connectivity index is 1.34. The van der Waals surface area contributed by atoms with Gasteiger partial charge in [-0.15, -0.1) is 5.10 Å². The van der Waals surface area contributed by atoms with Crippen LogP contribution in [0.15, 0.2) is 59.4 Å². The summed E-state index contributed by atoms with van der Waals surface area (Å²) in [4.78, 5) is 19.1. The molecule has 8 nitrogen and oxygen atoms in total. The van der Waals surface area contributed by atoms with Crippen LogP contribution in [0.5, 0.6) is 5.75 Å². The van der Waals surface area contributed by atoms with Crippen LogP contribution in [0.1, 0.15) is 67.6 Å². The van der Waals surface area contributed by atoms with Crippen LogP contribution in [0, 0.1) is 5.92 Å². The fourth-order valence-electron chi connectivity index (χ4n) is 6.18. The normalized spacial score (nSPS) is 18.4. The lowest BCUT2D eigenvalue weighted by atomic mass is 9.89. The Morgan fingerprint density at radius 1 is 1.03 bits per heavy atom. The number of H-pyrrole nitrogens is 1. The van der Waals surface area contributed by atoms with Gasteiger partial charge in [0.1, 0.15) is 11.8 Å². The largest absolute Gasteiger partial charge is 0.497 e. The number of aromatic amines is 1. The minimum Gasteiger partial charge on any atom is -0.497 e. The summed E-state index contributed by atoms with van der Waals surface area (Å²) < 4.78 is 7.36. The zero-order chi connectivity index (χ0) is 25.2. The molecule has 0 unspecified atom stereocenters. The number of nitrogens with one attached hydrogen (secondary N) is 1. The number of likely N-dealkylation sites (tertiary alicyclic amines) is 1. The molecular weight excluding hydrogens is 464 g/mol. The summed E-state index contributed by atoms with van der Waals surface area (Å²) in [5.41, 5.74) is 2.76. The van der Waals surface area contributed by atoms with Gasteiger partial charge in [-0.05, 0) is 90.7 Å². The molecule has 1 saturated carbocycles. The van der Waals surface area contributed by atoms with E-state index in [1.807, 2.05) is 28.9 Å². The standard InChI is InChI=1S/C29H34N6O2/c1-37-24-12-11-22-18-25(29(36)30-26(22)19-24)27(28-31-32-33-35(28)23-9-5-6-10-23)34-15-13-21(14-16-34)17-20-7-3-2-4-8-20/h2-4,7-8,11-12,18-19,21,23,27H,5-6,9-10,13-17H2,1H3,(H,30,36)/t27-/m1/s1. The number of benzene rings is 2. The molecular formula is C29H34N6O2. The average molecular weight is 499 g/mol. The fourth-order valence-corrected chi connectivity index (χ4v) is 6.18. The van der Waals surface area contributed by atoms with Gasteiger partial charge in [-0.3, -0.25) is 9.69 Å². The minimum absolute atomic E-state index is 0.0989. The van der Waals surface area contributed by atoms with Gasteiger partial charge >= 0.3 is 0 Å². The Bertz CT molecular complexity index is 1400. The number of pyridine rings is 1. The Labute approximate surface area is 216 Å². The van der Waals surface area contributed by atoms with Crippen LogP contribution in [0.3, 0.4) is 0 Å². The first-order valence-electron chi connectivity index (χ1n) is 13.5. The van der Waals surface area contributed by atoms with E-state index in [0.29, 0.717) is 17.5 Å². The maximum Gasteiger partial charge on any atom is 0.253 e. The number of ether oxygens (including phenoxy) is 1. The molecule has 2 aromatic carbocycles. The van der Waals surface area contributed by atoms with Gasteiger partial charge < -0.3 is 9.72 Å². The molecule has 0 bridgehead atoms. The number of tetrazole rings is 1. The molecule has 6 rings (SSSR count). The topological polar surface area (TPSA) is 88.9 Å². The third-order valence-electron chi connectivity index (χ3n) is 8.19. The van der Waals surface area contributed by atoms with Gasteiger partial charge in [0.15, 0.2) is 5.82 Å². The van der Waals surface area contributed by atoms with E-state index < -0.39 is 0 Å². The molecule has 0 radical (unpaired) electrons. The predicted octanol–water partition coefficient (Wildman–Crippen LogP) is 4.68. The minimum atomic E-state index is -0.288. The predicted molar refractivity (Wildman–Crippen MR) is 143 cm³/mol. The molecule has 1 aliphatic carbocycles. The van der Waals surface area contributed by atoms with Gasteiger partial charge in [-0.25, -0.2) is 4.68 Å². The Hall–Kier alpha value is -3.52. The lowest BCUT2D eigenvalue weighted by molar-refractivity contribution is 0.141. The molecule has 0 spiro atoms. The summed E-state index contributed by atoms with van der Waals surface area (Å²) in [6.07, 6.45) is 7.81. The molecule has 2 fully saturated rings. The van der Waals surface area contributed by atoms with E-state index in [-0.39, 0.29) is 11.6 Å². The quantitative estimate of drug-likeness (QED) is 0.398. The van der Waals surface area contributed by atoms with Crippen molar-refractivity contribution in [2.24, 2.45) is 5.92 Å². The highest BCUT2D eigenvalue weighted by atomic mass is 16.5. The number of aromatic nitrogens is 5. The zero-order valence-electron chi connectivity index (χ0n) is 21.3. The molecule has 1 aliphatic heterocycles. The Morgan fingerprint density at radius 3 is 2.57 bits per heavy atom. The molecule has 3 heterocycles. The Morgan fingerprint density at radius 2 is 1.81 bits per heavy atom. The zero-order valence-corrected chi connectivity index (χ0v) is 21.3. The van der Waals surface area contributed by atoms with Gasteiger partial charge in [0.2, 0.25) is 0 Å². The van der Waals surface area contributed by atoms with Crippen molar-refractivity contribution < 1.29 is 4.74 Å². The van der Waals surface area contributed by atoms with Gasteiger partial charge in [0.25, 0.3) is 5.56 Å². The van der Waals surface area contributed by atoms with Crippen LogP contribution in [-0.2, 0) is 6.42 Å². The van der Waals surface area contributed by atoms with Crippen molar-refractivity contribution in [3.8, 4) is 5.75 Å². The van der Waals surface area contributed by atoms with Crippen LogP contribution in [0.25, 0.3) is 10.9 Å². The van der Waals surface area contributed by atoms with Crippen LogP contribution < -0.4 is 10.3 Å². The second kappa shape index (κ2) is 10.5. The molecule has 1 atom stereocenters. The summed E-state index contributed by atoms with van der Waals surface area (Å²) in [6, 6.07) is 18.6. The maximum absolute atomic E-state index is 13.5. The average Bonchev–Trinajstić information content (AvgIpc) is 3.63. The molecule has 8 heteroatoms. The highest BCUT2D eigenvalue weighted by Gasteiger charge is 2.35. The molecule has 2 aliphatic rings. The third-order valence-corrected chi connectivity index (χ3v) is 8.19. The van der Waals surface area contributed by atoms with E-state index in [0.717, 1.165) is 67.7 Å². The summed E-state index contributed by atoms with van der Waals surface area (Å²) in [5.74, 6) is 2.14. The van der Waals surface area contributed by atoms with Crippen LogP contribution in [-0.4, -0.2) is 50.3 Å². The van der Waals surface area contributed by atoms with Crippen LogP contribution in [0.4, 0.5) is 0 Å².